The van der Waals surface area contributed by atoms with Gasteiger partial charge in [-0.25, -0.2) is 4.39 Å². The van der Waals surface area contributed by atoms with Crippen LogP contribution in [0, 0.1) is 12.7 Å². The van der Waals surface area contributed by atoms with E-state index in [0.29, 0.717) is 11.3 Å². The zero-order valence-corrected chi connectivity index (χ0v) is 11.8. The first-order chi connectivity index (χ1) is 8.97. The lowest BCUT2D eigenvalue weighted by atomic mass is 10.1. The number of halogens is 2. The van der Waals surface area contributed by atoms with Crippen LogP contribution in [0.5, 0.6) is 0 Å². The summed E-state index contributed by atoms with van der Waals surface area (Å²) >= 11 is 3.37. The average molecular weight is 323 g/mol. The second kappa shape index (κ2) is 5.40. The van der Waals surface area contributed by atoms with Gasteiger partial charge >= 0.3 is 0 Å². The third kappa shape index (κ3) is 3.12. The fourth-order valence-electron chi connectivity index (χ4n) is 1.58. The minimum absolute atomic E-state index is 0.194. The van der Waals surface area contributed by atoms with Gasteiger partial charge in [-0.1, -0.05) is 22.0 Å². The lowest BCUT2D eigenvalue weighted by Crippen LogP contribution is -2.13. The van der Waals surface area contributed by atoms with Crippen molar-refractivity contribution in [3.05, 3.63) is 57.8 Å². The number of nitrogens with two attached hydrogens (primary N) is 1. The summed E-state index contributed by atoms with van der Waals surface area (Å²) in [7, 11) is 0. The molecule has 2 aromatic carbocycles. The van der Waals surface area contributed by atoms with E-state index in [2.05, 4.69) is 21.2 Å². The van der Waals surface area contributed by atoms with Crippen molar-refractivity contribution in [2.75, 3.05) is 11.1 Å². The molecule has 0 bridgehead atoms. The number of hydrogen-bond acceptors (Lipinski definition) is 2. The van der Waals surface area contributed by atoms with Gasteiger partial charge in [0.2, 0.25) is 0 Å². The SMILES string of the molecule is Cc1ccc(C(=O)Nc2ccc(F)cc2N)cc1Br. The zero-order valence-electron chi connectivity index (χ0n) is 10.2. The van der Waals surface area contributed by atoms with Gasteiger partial charge < -0.3 is 11.1 Å². The van der Waals surface area contributed by atoms with E-state index in [1.165, 1.54) is 18.2 Å². The molecule has 0 saturated carbocycles. The van der Waals surface area contributed by atoms with Crippen LogP contribution in [-0.4, -0.2) is 5.91 Å². The van der Waals surface area contributed by atoms with E-state index in [9.17, 15) is 9.18 Å². The van der Waals surface area contributed by atoms with Gasteiger partial charge in [0.25, 0.3) is 5.91 Å². The van der Waals surface area contributed by atoms with Gasteiger partial charge in [0, 0.05) is 10.0 Å². The molecule has 2 aromatic rings. The molecular weight excluding hydrogens is 311 g/mol. The molecule has 0 aliphatic carbocycles. The summed E-state index contributed by atoms with van der Waals surface area (Å²) in [5, 5.41) is 2.65. The van der Waals surface area contributed by atoms with Crippen molar-refractivity contribution in [3.8, 4) is 0 Å². The molecule has 0 aromatic heterocycles. The Morgan fingerprint density at radius 2 is 2.00 bits per heavy atom. The number of benzene rings is 2. The molecule has 0 saturated heterocycles. The molecular formula is C14H12BrFN2O. The lowest BCUT2D eigenvalue weighted by Gasteiger charge is -2.09. The van der Waals surface area contributed by atoms with Gasteiger partial charge in [0.05, 0.1) is 11.4 Å². The Bertz CT molecular complexity index is 643. The highest BCUT2D eigenvalue weighted by molar-refractivity contribution is 9.10. The summed E-state index contributed by atoms with van der Waals surface area (Å²) < 4.78 is 13.8. The summed E-state index contributed by atoms with van der Waals surface area (Å²) in [5.41, 5.74) is 7.76. The van der Waals surface area contributed by atoms with Crippen molar-refractivity contribution >= 4 is 33.2 Å². The van der Waals surface area contributed by atoms with Crippen molar-refractivity contribution in [1.82, 2.24) is 0 Å². The fraction of sp³-hybridized carbons (Fsp3) is 0.0714. The Morgan fingerprint density at radius 1 is 1.26 bits per heavy atom. The van der Waals surface area contributed by atoms with Gasteiger partial charge in [0.1, 0.15) is 5.82 Å². The van der Waals surface area contributed by atoms with Crippen LogP contribution in [0.15, 0.2) is 40.9 Å². The molecule has 19 heavy (non-hydrogen) atoms. The van der Waals surface area contributed by atoms with E-state index >= 15 is 0 Å². The summed E-state index contributed by atoms with van der Waals surface area (Å²) in [4.78, 5) is 12.0. The highest BCUT2D eigenvalue weighted by atomic mass is 79.9. The van der Waals surface area contributed by atoms with Crippen LogP contribution >= 0.6 is 15.9 Å². The molecule has 3 N–H and O–H groups in total. The molecule has 0 fully saturated rings. The first kappa shape index (κ1) is 13.5. The molecule has 5 heteroatoms. The molecule has 0 heterocycles. The molecule has 0 radical (unpaired) electrons. The Kier molecular flexibility index (Phi) is 3.85. The standard InChI is InChI=1S/C14H12BrFN2O/c1-8-2-3-9(6-11(8)15)14(19)18-13-5-4-10(16)7-12(13)17/h2-7H,17H2,1H3,(H,18,19). The van der Waals surface area contributed by atoms with Crippen LogP contribution in [-0.2, 0) is 0 Å². The number of anilines is 2. The average Bonchev–Trinajstić information content (AvgIpc) is 2.36. The number of carbonyl (C=O) groups excluding carboxylic acids is 1. The molecule has 1 amide bonds. The monoisotopic (exact) mass is 322 g/mol. The second-order valence-corrected chi connectivity index (χ2v) is 5.00. The summed E-state index contributed by atoms with van der Waals surface area (Å²) in [5.74, 6) is -0.729. The minimum Gasteiger partial charge on any atom is -0.397 e. The first-order valence-corrected chi connectivity index (χ1v) is 6.39. The van der Waals surface area contributed by atoms with Gasteiger partial charge in [0.15, 0.2) is 0 Å². The molecule has 3 nitrogen and oxygen atoms in total. The van der Waals surface area contributed by atoms with Crippen LogP contribution in [0.4, 0.5) is 15.8 Å². The van der Waals surface area contributed by atoms with Crippen molar-refractivity contribution in [2.45, 2.75) is 6.92 Å². The Morgan fingerprint density at radius 3 is 2.63 bits per heavy atom. The molecule has 98 valence electrons. The van der Waals surface area contributed by atoms with Crippen molar-refractivity contribution in [2.24, 2.45) is 0 Å². The highest BCUT2D eigenvalue weighted by Crippen LogP contribution is 2.22. The van der Waals surface area contributed by atoms with Crippen molar-refractivity contribution < 1.29 is 9.18 Å². The number of nitrogen functional groups attached to an aromatic ring is 1. The smallest absolute Gasteiger partial charge is 0.255 e. The quantitative estimate of drug-likeness (QED) is 0.828. The third-order valence-electron chi connectivity index (χ3n) is 2.70. The fourth-order valence-corrected chi connectivity index (χ4v) is 1.95. The van der Waals surface area contributed by atoms with Gasteiger partial charge in [-0.2, -0.15) is 0 Å². The van der Waals surface area contributed by atoms with Crippen LogP contribution in [0.1, 0.15) is 15.9 Å². The molecule has 0 atom stereocenters. The van der Waals surface area contributed by atoms with Crippen LogP contribution in [0.3, 0.4) is 0 Å². The lowest BCUT2D eigenvalue weighted by molar-refractivity contribution is 0.102. The summed E-state index contributed by atoms with van der Waals surface area (Å²) in [6, 6.07) is 9.13. The maximum Gasteiger partial charge on any atom is 0.255 e. The van der Waals surface area contributed by atoms with E-state index in [1.54, 1.807) is 12.1 Å². The predicted octanol–water partition coefficient (Wildman–Crippen LogP) is 3.73. The van der Waals surface area contributed by atoms with E-state index in [4.69, 9.17) is 5.73 Å². The number of amides is 1. The van der Waals surface area contributed by atoms with Gasteiger partial charge in [-0.3, -0.25) is 4.79 Å². The van der Waals surface area contributed by atoms with Crippen LogP contribution in [0.25, 0.3) is 0 Å². The number of aryl methyl sites for hydroxylation is 1. The molecule has 2 rings (SSSR count). The Balaban J connectivity index is 2.23. The topological polar surface area (TPSA) is 55.1 Å². The number of rotatable bonds is 2. The number of nitrogens with one attached hydrogen (secondary N) is 1. The van der Waals surface area contributed by atoms with E-state index in [1.807, 2.05) is 13.0 Å². The zero-order chi connectivity index (χ0) is 14.0. The third-order valence-corrected chi connectivity index (χ3v) is 3.55. The number of carbonyl (C=O) groups is 1. The minimum atomic E-state index is -0.437. The van der Waals surface area contributed by atoms with E-state index < -0.39 is 5.82 Å². The van der Waals surface area contributed by atoms with Crippen LogP contribution in [0.2, 0.25) is 0 Å². The predicted molar refractivity (Wildman–Crippen MR) is 77.6 cm³/mol. The Labute approximate surface area is 118 Å². The summed E-state index contributed by atoms with van der Waals surface area (Å²) in [6.07, 6.45) is 0. The molecule has 0 aliphatic heterocycles. The van der Waals surface area contributed by atoms with Crippen LogP contribution < -0.4 is 11.1 Å². The maximum atomic E-state index is 12.9. The highest BCUT2D eigenvalue weighted by Gasteiger charge is 2.09. The van der Waals surface area contributed by atoms with E-state index in [0.717, 1.165) is 10.0 Å². The normalized spacial score (nSPS) is 10.3. The Hall–Kier alpha value is -1.88. The second-order valence-electron chi connectivity index (χ2n) is 4.15. The van der Waals surface area contributed by atoms with Crippen molar-refractivity contribution in [3.63, 3.8) is 0 Å². The molecule has 0 spiro atoms. The molecule has 0 unspecified atom stereocenters. The largest absolute Gasteiger partial charge is 0.397 e. The molecule has 0 aliphatic rings. The van der Waals surface area contributed by atoms with Gasteiger partial charge in [-0.15, -0.1) is 0 Å². The van der Waals surface area contributed by atoms with E-state index in [-0.39, 0.29) is 11.6 Å². The van der Waals surface area contributed by atoms with Crippen molar-refractivity contribution in [1.29, 1.82) is 0 Å². The first-order valence-electron chi connectivity index (χ1n) is 5.60. The summed E-state index contributed by atoms with van der Waals surface area (Å²) in [6.45, 7) is 1.93. The maximum absolute atomic E-state index is 12.9. The van der Waals surface area contributed by atoms with Gasteiger partial charge in [-0.05, 0) is 42.8 Å². The number of hydrogen-bond donors (Lipinski definition) is 2.